The molecule has 0 saturated carbocycles. The van der Waals surface area contributed by atoms with Crippen LogP contribution in [0.2, 0.25) is 15.1 Å². The number of nitrogens with one attached hydrogen (secondary N) is 1. The van der Waals surface area contributed by atoms with Gasteiger partial charge >= 0.3 is 0 Å². The number of nitrogens with zero attached hydrogens (tertiary/aromatic N) is 1. The van der Waals surface area contributed by atoms with Crippen LogP contribution in [0.5, 0.6) is 5.75 Å². The molecule has 3 aromatic carbocycles. The van der Waals surface area contributed by atoms with Crippen LogP contribution in [0.15, 0.2) is 66.7 Å². The number of carbonyl (C=O) groups is 2. The van der Waals surface area contributed by atoms with Crippen LogP contribution in [0.4, 0.5) is 0 Å². The van der Waals surface area contributed by atoms with E-state index >= 15 is 0 Å². The van der Waals surface area contributed by atoms with Crippen molar-refractivity contribution in [2.45, 2.75) is 39.3 Å². The molecule has 36 heavy (non-hydrogen) atoms. The second-order valence-electron chi connectivity index (χ2n) is 8.45. The number of rotatable bonds is 11. The predicted octanol–water partition coefficient (Wildman–Crippen LogP) is 6.50. The first-order valence-electron chi connectivity index (χ1n) is 11.7. The molecule has 0 spiro atoms. The molecule has 0 unspecified atom stereocenters. The van der Waals surface area contributed by atoms with Gasteiger partial charge in [-0.1, -0.05) is 78.1 Å². The fraction of sp³-hybridized carbons (Fsp3) is 0.286. The number of hydrogen-bond acceptors (Lipinski definition) is 3. The van der Waals surface area contributed by atoms with Gasteiger partial charge in [0.15, 0.2) is 6.61 Å². The number of halogens is 3. The lowest BCUT2D eigenvalue weighted by molar-refractivity contribution is -0.142. The minimum atomic E-state index is -0.770. The van der Waals surface area contributed by atoms with E-state index in [1.807, 2.05) is 44.2 Å². The molecule has 3 aromatic rings. The van der Waals surface area contributed by atoms with Gasteiger partial charge in [0.2, 0.25) is 5.91 Å². The summed E-state index contributed by atoms with van der Waals surface area (Å²) >= 11 is 18.6. The Morgan fingerprint density at radius 2 is 1.72 bits per heavy atom. The lowest BCUT2D eigenvalue weighted by Gasteiger charge is -2.31. The zero-order chi connectivity index (χ0) is 26.1. The standard InChI is InChI=1S/C28H29Cl3N2O3/c1-3-13-32-28(35)26(15-20-7-5-4-6-8-20)33(17-21-9-10-22(29)16-25(21)31)27(34)18-36-23-11-12-24(30)19(2)14-23/h4-12,14,16,26H,3,13,15,17-18H2,1-2H3,(H,32,35)/t26-/m1/s1. The molecule has 0 radical (unpaired) electrons. The number of benzene rings is 3. The van der Waals surface area contributed by atoms with E-state index in [9.17, 15) is 9.59 Å². The second kappa shape index (κ2) is 13.5. The summed E-state index contributed by atoms with van der Waals surface area (Å²) in [5.41, 5.74) is 2.45. The van der Waals surface area contributed by atoms with Gasteiger partial charge in [0.05, 0.1) is 0 Å². The molecule has 8 heteroatoms. The summed E-state index contributed by atoms with van der Waals surface area (Å²) in [5, 5.41) is 4.47. The molecule has 0 aliphatic rings. The van der Waals surface area contributed by atoms with Crippen LogP contribution >= 0.6 is 34.8 Å². The van der Waals surface area contributed by atoms with Crippen molar-refractivity contribution in [3.63, 3.8) is 0 Å². The van der Waals surface area contributed by atoms with Gasteiger partial charge in [-0.3, -0.25) is 9.59 Å². The zero-order valence-corrected chi connectivity index (χ0v) is 22.5. The van der Waals surface area contributed by atoms with Crippen molar-refractivity contribution in [2.24, 2.45) is 0 Å². The molecule has 0 saturated heterocycles. The summed E-state index contributed by atoms with van der Waals surface area (Å²) in [6, 6.07) is 19.1. The van der Waals surface area contributed by atoms with Gasteiger partial charge in [0.25, 0.3) is 5.91 Å². The largest absolute Gasteiger partial charge is 0.484 e. The molecule has 0 aliphatic carbocycles. The van der Waals surface area contributed by atoms with E-state index in [4.69, 9.17) is 39.5 Å². The monoisotopic (exact) mass is 546 g/mol. The quantitative estimate of drug-likeness (QED) is 0.298. The first-order valence-corrected chi connectivity index (χ1v) is 12.9. The maximum atomic E-state index is 13.6. The molecular weight excluding hydrogens is 519 g/mol. The summed E-state index contributed by atoms with van der Waals surface area (Å²) in [6.07, 6.45) is 1.12. The van der Waals surface area contributed by atoms with Crippen LogP contribution in [-0.2, 0) is 22.6 Å². The fourth-order valence-electron chi connectivity index (χ4n) is 3.69. The Morgan fingerprint density at radius 1 is 0.972 bits per heavy atom. The highest BCUT2D eigenvalue weighted by molar-refractivity contribution is 6.35. The number of aryl methyl sites for hydroxylation is 1. The summed E-state index contributed by atoms with van der Waals surface area (Å²) in [5.74, 6) is -0.0626. The van der Waals surface area contributed by atoms with E-state index in [1.54, 1.807) is 36.4 Å². The van der Waals surface area contributed by atoms with Crippen molar-refractivity contribution in [3.05, 3.63) is 98.5 Å². The first-order chi connectivity index (χ1) is 17.3. The summed E-state index contributed by atoms with van der Waals surface area (Å²) in [4.78, 5) is 28.4. The van der Waals surface area contributed by atoms with Gasteiger partial charge < -0.3 is 15.0 Å². The zero-order valence-electron chi connectivity index (χ0n) is 20.3. The molecule has 0 aromatic heterocycles. The van der Waals surface area contributed by atoms with Crippen molar-refractivity contribution >= 4 is 46.6 Å². The Morgan fingerprint density at radius 3 is 2.39 bits per heavy atom. The Hall–Kier alpha value is -2.73. The van der Waals surface area contributed by atoms with Gasteiger partial charge in [-0.05, 0) is 60.4 Å². The summed E-state index contributed by atoms with van der Waals surface area (Å²) in [7, 11) is 0. The Labute approximate surface area is 227 Å². The number of hydrogen-bond donors (Lipinski definition) is 1. The predicted molar refractivity (Wildman–Crippen MR) is 146 cm³/mol. The van der Waals surface area contributed by atoms with Gasteiger partial charge in [0.1, 0.15) is 11.8 Å². The maximum absolute atomic E-state index is 13.6. The fourth-order valence-corrected chi connectivity index (χ4v) is 4.27. The molecule has 3 rings (SSSR count). The lowest BCUT2D eigenvalue weighted by Crippen LogP contribution is -2.51. The molecule has 0 aliphatic heterocycles. The molecule has 0 heterocycles. The molecule has 1 atom stereocenters. The highest BCUT2D eigenvalue weighted by atomic mass is 35.5. The molecule has 1 N–H and O–H groups in total. The molecule has 0 bridgehead atoms. The van der Waals surface area contributed by atoms with Crippen molar-refractivity contribution in [1.82, 2.24) is 10.2 Å². The van der Waals surface area contributed by atoms with Gasteiger partial charge in [0, 0.05) is 34.6 Å². The van der Waals surface area contributed by atoms with Crippen molar-refractivity contribution in [2.75, 3.05) is 13.2 Å². The Balaban J connectivity index is 1.92. The smallest absolute Gasteiger partial charge is 0.261 e. The van der Waals surface area contributed by atoms with Crippen LogP contribution < -0.4 is 10.1 Å². The normalized spacial score (nSPS) is 11.6. The highest BCUT2D eigenvalue weighted by Crippen LogP contribution is 2.25. The number of carbonyl (C=O) groups excluding carboxylic acids is 2. The van der Waals surface area contributed by atoms with Gasteiger partial charge in [-0.25, -0.2) is 0 Å². The summed E-state index contributed by atoms with van der Waals surface area (Å²) < 4.78 is 5.80. The molecular formula is C28H29Cl3N2O3. The summed E-state index contributed by atoms with van der Waals surface area (Å²) in [6.45, 7) is 4.21. The van der Waals surface area contributed by atoms with Crippen molar-refractivity contribution in [3.8, 4) is 5.75 Å². The third-order valence-corrected chi connectivity index (χ3v) is 6.68. The van der Waals surface area contributed by atoms with E-state index < -0.39 is 6.04 Å². The van der Waals surface area contributed by atoms with Crippen LogP contribution in [0.25, 0.3) is 0 Å². The van der Waals surface area contributed by atoms with Gasteiger partial charge in [-0.2, -0.15) is 0 Å². The number of ether oxygens (including phenoxy) is 1. The molecule has 5 nitrogen and oxygen atoms in total. The minimum Gasteiger partial charge on any atom is -0.484 e. The third kappa shape index (κ3) is 7.89. The minimum absolute atomic E-state index is 0.120. The van der Waals surface area contributed by atoms with Crippen LogP contribution in [0.1, 0.15) is 30.0 Å². The topological polar surface area (TPSA) is 58.6 Å². The number of amides is 2. The van der Waals surface area contributed by atoms with Gasteiger partial charge in [-0.15, -0.1) is 0 Å². The van der Waals surface area contributed by atoms with Crippen LogP contribution in [0, 0.1) is 6.92 Å². The van der Waals surface area contributed by atoms with Crippen molar-refractivity contribution in [1.29, 1.82) is 0 Å². The lowest BCUT2D eigenvalue weighted by atomic mass is 10.0. The van der Waals surface area contributed by atoms with E-state index in [2.05, 4.69) is 5.32 Å². The third-order valence-electron chi connectivity index (χ3n) is 5.67. The van der Waals surface area contributed by atoms with E-state index in [0.29, 0.717) is 39.3 Å². The highest BCUT2D eigenvalue weighted by Gasteiger charge is 2.31. The van der Waals surface area contributed by atoms with Crippen LogP contribution in [0.3, 0.4) is 0 Å². The first kappa shape index (κ1) is 27.9. The Bertz CT molecular complexity index is 1190. The molecule has 2 amide bonds. The average molecular weight is 548 g/mol. The van der Waals surface area contributed by atoms with E-state index in [-0.39, 0.29) is 25.0 Å². The second-order valence-corrected chi connectivity index (χ2v) is 9.70. The molecule has 0 fully saturated rings. The average Bonchev–Trinajstić information content (AvgIpc) is 2.87. The van der Waals surface area contributed by atoms with E-state index in [0.717, 1.165) is 17.5 Å². The maximum Gasteiger partial charge on any atom is 0.261 e. The van der Waals surface area contributed by atoms with E-state index in [1.165, 1.54) is 4.90 Å². The van der Waals surface area contributed by atoms with Crippen LogP contribution in [-0.4, -0.2) is 35.9 Å². The SMILES string of the molecule is CCCNC(=O)[C@@H](Cc1ccccc1)N(Cc1ccc(Cl)cc1Cl)C(=O)COc1ccc(Cl)c(C)c1. The Kier molecular flexibility index (Phi) is 10.5. The van der Waals surface area contributed by atoms with Crippen molar-refractivity contribution < 1.29 is 14.3 Å². The molecule has 190 valence electrons.